The first-order valence-corrected chi connectivity index (χ1v) is 7.88. The topological polar surface area (TPSA) is 78.4 Å². The van der Waals surface area contributed by atoms with Gasteiger partial charge in [-0.15, -0.1) is 0 Å². The van der Waals surface area contributed by atoms with Gasteiger partial charge in [-0.2, -0.15) is 0 Å². The molecular formula is C13H22N2O3S. The predicted molar refractivity (Wildman–Crippen MR) is 78.9 cm³/mol. The maximum absolute atomic E-state index is 11.4. The summed E-state index contributed by atoms with van der Waals surface area (Å²) < 4.78 is 25.3. The Balaban J connectivity index is 2.62. The molecule has 0 aromatic heterocycles. The highest BCUT2D eigenvalue weighted by atomic mass is 32.2. The standard InChI is InChI=1S/C13H22N2O3S/c1-4-19(17,18)15-12-7-5-11(6-8-12)14-9-13(2,3)10-16/h5-8,14-16H,4,9-10H2,1-3H3. The van der Waals surface area contributed by atoms with Crippen molar-refractivity contribution in [3.8, 4) is 0 Å². The van der Waals surface area contributed by atoms with E-state index < -0.39 is 10.0 Å². The van der Waals surface area contributed by atoms with Crippen molar-refractivity contribution in [1.29, 1.82) is 0 Å². The Bertz CT molecular complexity index is 495. The van der Waals surface area contributed by atoms with Crippen LogP contribution in [0.25, 0.3) is 0 Å². The van der Waals surface area contributed by atoms with E-state index in [2.05, 4.69) is 10.0 Å². The fourth-order valence-electron chi connectivity index (χ4n) is 1.31. The average molecular weight is 286 g/mol. The van der Waals surface area contributed by atoms with Gasteiger partial charge in [0.1, 0.15) is 0 Å². The molecule has 0 saturated heterocycles. The number of nitrogens with one attached hydrogen (secondary N) is 2. The molecule has 0 heterocycles. The molecule has 1 aromatic carbocycles. The van der Waals surface area contributed by atoms with Crippen LogP contribution in [-0.4, -0.2) is 32.4 Å². The van der Waals surface area contributed by atoms with Crippen LogP contribution in [0.1, 0.15) is 20.8 Å². The largest absolute Gasteiger partial charge is 0.396 e. The Hall–Kier alpha value is -1.27. The van der Waals surface area contributed by atoms with Gasteiger partial charge in [-0.25, -0.2) is 8.42 Å². The Labute approximate surface area is 115 Å². The summed E-state index contributed by atoms with van der Waals surface area (Å²) in [5, 5.41) is 12.4. The van der Waals surface area contributed by atoms with Crippen LogP contribution >= 0.6 is 0 Å². The molecule has 0 aliphatic carbocycles. The second-order valence-corrected chi connectivity index (χ2v) is 7.27. The first-order valence-electron chi connectivity index (χ1n) is 6.23. The third kappa shape index (κ3) is 5.48. The summed E-state index contributed by atoms with van der Waals surface area (Å²) in [5.41, 5.74) is 1.25. The zero-order valence-corrected chi connectivity index (χ0v) is 12.4. The molecule has 108 valence electrons. The summed E-state index contributed by atoms with van der Waals surface area (Å²) in [6.07, 6.45) is 0. The van der Waals surface area contributed by atoms with Crippen LogP contribution in [0.4, 0.5) is 11.4 Å². The van der Waals surface area contributed by atoms with Crippen molar-refractivity contribution in [3.63, 3.8) is 0 Å². The van der Waals surface area contributed by atoms with E-state index in [-0.39, 0.29) is 17.8 Å². The van der Waals surface area contributed by atoms with E-state index in [1.54, 1.807) is 31.2 Å². The summed E-state index contributed by atoms with van der Waals surface area (Å²) in [6.45, 7) is 6.26. The van der Waals surface area contributed by atoms with Gasteiger partial charge in [0.25, 0.3) is 0 Å². The van der Waals surface area contributed by atoms with E-state index in [0.29, 0.717) is 12.2 Å². The molecule has 0 aliphatic heterocycles. The van der Waals surface area contributed by atoms with E-state index in [9.17, 15) is 8.42 Å². The molecule has 0 saturated carbocycles. The molecule has 0 radical (unpaired) electrons. The maximum atomic E-state index is 11.4. The highest BCUT2D eigenvalue weighted by Gasteiger charge is 2.15. The minimum absolute atomic E-state index is 0.0533. The van der Waals surface area contributed by atoms with Crippen molar-refractivity contribution in [2.45, 2.75) is 20.8 Å². The van der Waals surface area contributed by atoms with Crippen LogP contribution in [0.5, 0.6) is 0 Å². The number of aliphatic hydroxyl groups excluding tert-OH is 1. The van der Waals surface area contributed by atoms with Gasteiger partial charge in [-0.05, 0) is 31.2 Å². The molecule has 0 aliphatic rings. The fraction of sp³-hybridized carbons (Fsp3) is 0.538. The molecule has 0 bridgehead atoms. The number of hydrogen-bond donors (Lipinski definition) is 3. The molecule has 0 fully saturated rings. The summed E-state index contributed by atoms with van der Waals surface area (Å²) in [5.74, 6) is 0.0533. The SMILES string of the molecule is CCS(=O)(=O)Nc1ccc(NCC(C)(C)CO)cc1. The van der Waals surface area contributed by atoms with Crippen LogP contribution in [0.15, 0.2) is 24.3 Å². The number of aliphatic hydroxyl groups is 1. The van der Waals surface area contributed by atoms with Gasteiger partial charge in [0.05, 0.1) is 5.75 Å². The Kier molecular flexibility index (Phi) is 5.20. The Morgan fingerprint density at radius 3 is 2.16 bits per heavy atom. The van der Waals surface area contributed by atoms with E-state index in [1.165, 1.54) is 0 Å². The number of sulfonamides is 1. The molecule has 0 spiro atoms. The molecule has 1 rings (SSSR count). The van der Waals surface area contributed by atoms with Gasteiger partial charge < -0.3 is 10.4 Å². The molecule has 6 heteroatoms. The maximum Gasteiger partial charge on any atom is 0.232 e. The Morgan fingerprint density at radius 1 is 1.16 bits per heavy atom. The van der Waals surface area contributed by atoms with Gasteiger partial charge >= 0.3 is 0 Å². The first-order chi connectivity index (χ1) is 8.78. The second-order valence-electron chi connectivity index (χ2n) is 5.26. The molecule has 0 unspecified atom stereocenters. The predicted octanol–water partition coefficient (Wildman–Crippen LogP) is 1.88. The van der Waals surface area contributed by atoms with Crippen LogP contribution in [0, 0.1) is 5.41 Å². The highest BCUT2D eigenvalue weighted by molar-refractivity contribution is 7.92. The van der Waals surface area contributed by atoms with Crippen molar-refractivity contribution < 1.29 is 13.5 Å². The van der Waals surface area contributed by atoms with E-state index in [0.717, 1.165) is 5.69 Å². The number of rotatable bonds is 7. The van der Waals surface area contributed by atoms with E-state index >= 15 is 0 Å². The highest BCUT2D eigenvalue weighted by Crippen LogP contribution is 2.18. The van der Waals surface area contributed by atoms with Gasteiger partial charge in [0.2, 0.25) is 10.0 Å². The van der Waals surface area contributed by atoms with Crippen molar-refractivity contribution in [2.24, 2.45) is 5.41 Å². The average Bonchev–Trinajstić information content (AvgIpc) is 2.38. The van der Waals surface area contributed by atoms with Crippen LogP contribution < -0.4 is 10.0 Å². The molecule has 5 nitrogen and oxygen atoms in total. The third-order valence-electron chi connectivity index (χ3n) is 2.74. The van der Waals surface area contributed by atoms with Gasteiger partial charge in [-0.3, -0.25) is 4.72 Å². The summed E-state index contributed by atoms with van der Waals surface area (Å²) in [6, 6.07) is 7.03. The van der Waals surface area contributed by atoms with Crippen molar-refractivity contribution >= 4 is 21.4 Å². The quantitative estimate of drug-likeness (QED) is 0.715. The minimum Gasteiger partial charge on any atom is -0.396 e. The minimum atomic E-state index is -3.23. The van der Waals surface area contributed by atoms with Crippen molar-refractivity contribution in [1.82, 2.24) is 0 Å². The van der Waals surface area contributed by atoms with Gasteiger partial charge in [-0.1, -0.05) is 13.8 Å². The summed E-state index contributed by atoms with van der Waals surface area (Å²) in [4.78, 5) is 0. The molecule has 0 atom stereocenters. The second kappa shape index (κ2) is 6.25. The summed E-state index contributed by atoms with van der Waals surface area (Å²) >= 11 is 0. The lowest BCUT2D eigenvalue weighted by atomic mass is 9.95. The molecule has 1 aromatic rings. The molecule has 0 amide bonds. The molecule has 3 N–H and O–H groups in total. The number of hydrogen-bond acceptors (Lipinski definition) is 4. The summed E-state index contributed by atoms with van der Waals surface area (Å²) in [7, 11) is -3.23. The van der Waals surface area contributed by atoms with Crippen LogP contribution in [0.3, 0.4) is 0 Å². The van der Waals surface area contributed by atoms with Gasteiger partial charge in [0.15, 0.2) is 0 Å². The zero-order chi connectivity index (χ0) is 14.5. The van der Waals surface area contributed by atoms with Crippen molar-refractivity contribution in [2.75, 3.05) is 28.9 Å². The lowest BCUT2D eigenvalue weighted by molar-refractivity contribution is 0.171. The zero-order valence-electron chi connectivity index (χ0n) is 11.6. The molecular weight excluding hydrogens is 264 g/mol. The van der Waals surface area contributed by atoms with Crippen LogP contribution in [-0.2, 0) is 10.0 Å². The lowest BCUT2D eigenvalue weighted by Crippen LogP contribution is -2.26. The van der Waals surface area contributed by atoms with E-state index in [4.69, 9.17) is 5.11 Å². The van der Waals surface area contributed by atoms with Gasteiger partial charge in [0, 0.05) is 29.9 Å². The Morgan fingerprint density at radius 2 is 1.68 bits per heavy atom. The normalized spacial score (nSPS) is 12.2. The first kappa shape index (κ1) is 15.8. The lowest BCUT2D eigenvalue weighted by Gasteiger charge is -2.22. The van der Waals surface area contributed by atoms with Crippen LogP contribution in [0.2, 0.25) is 0 Å². The van der Waals surface area contributed by atoms with Crippen molar-refractivity contribution in [3.05, 3.63) is 24.3 Å². The number of benzene rings is 1. The van der Waals surface area contributed by atoms with E-state index in [1.807, 2.05) is 13.8 Å². The number of anilines is 2. The smallest absolute Gasteiger partial charge is 0.232 e. The fourth-order valence-corrected chi connectivity index (χ4v) is 1.94. The third-order valence-corrected chi connectivity index (χ3v) is 4.04. The monoisotopic (exact) mass is 286 g/mol. The molecule has 19 heavy (non-hydrogen) atoms.